The molecule has 0 saturated heterocycles. The van der Waals surface area contributed by atoms with Crippen LogP contribution in [0.2, 0.25) is 0 Å². The topological polar surface area (TPSA) is 78.4 Å². The van der Waals surface area contributed by atoms with Crippen molar-refractivity contribution in [3.8, 4) is 0 Å². The van der Waals surface area contributed by atoms with E-state index in [2.05, 4.69) is 50.8 Å². The first-order chi connectivity index (χ1) is 16.0. The summed E-state index contributed by atoms with van der Waals surface area (Å²) in [5.74, 6) is -0.371. The lowest BCUT2D eigenvalue weighted by Gasteiger charge is -2.24. The van der Waals surface area contributed by atoms with Crippen molar-refractivity contribution in [1.29, 1.82) is 0 Å². The molecule has 0 heterocycles. The van der Waals surface area contributed by atoms with Gasteiger partial charge in [0.05, 0.1) is 11.6 Å². The number of amides is 2. The molecule has 6 heteroatoms. The average Bonchev–Trinajstić information content (AvgIpc) is 2.83. The van der Waals surface area contributed by atoms with E-state index in [1.54, 1.807) is 24.3 Å². The van der Waals surface area contributed by atoms with Gasteiger partial charge in [0.15, 0.2) is 0 Å². The van der Waals surface area contributed by atoms with Crippen LogP contribution in [0.4, 0.5) is 10.5 Å². The third kappa shape index (κ3) is 6.02. The van der Waals surface area contributed by atoms with Crippen LogP contribution in [-0.2, 0) is 0 Å². The molecule has 0 aliphatic heterocycles. The summed E-state index contributed by atoms with van der Waals surface area (Å²) in [6.45, 7) is 0. The molecule has 5 nitrogen and oxygen atoms in total. The van der Waals surface area contributed by atoms with Crippen LogP contribution in [0.5, 0.6) is 0 Å². The van der Waals surface area contributed by atoms with E-state index in [0.717, 1.165) is 15.6 Å². The van der Waals surface area contributed by atoms with Gasteiger partial charge in [0, 0.05) is 10.2 Å². The zero-order chi connectivity index (χ0) is 23.2. The van der Waals surface area contributed by atoms with Gasteiger partial charge in [-0.25, -0.2) is 9.59 Å². The Balaban J connectivity index is 1.57. The minimum absolute atomic E-state index is 0.212. The van der Waals surface area contributed by atoms with Crippen LogP contribution in [0.3, 0.4) is 0 Å². The van der Waals surface area contributed by atoms with Crippen molar-refractivity contribution < 1.29 is 14.7 Å². The molecular formula is C27H27BrN2O3. The highest BCUT2D eigenvalue weighted by atomic mass is 79.9. The molecule has 1 saturated carbocycles. The molecule has 170 valence electrons. The molecule has 0 aromatic heterocycles. The molecule has 1 aliphatic rings. The molecule has 3 N–H and O–H groups in total. The number of halogens is 1. The number of hydrogen-bond donors (Lipinski definition) is 3. The average molecular weight is 507 g/mol. The SMILES string of the molecule is O=C(Nc1cccc(Br)c1)NC(c1ccc(C(=O)O)cc1)c1ccc(C2CCCCC2)cc1. The monoisotopic (exact) mass is 506 g/mol. The first-order valence-electron chi connectivity index (χ1n) is 11.3. The number of aromatic carboxylic acids is 1. The summed E-state index contributed by atoms with van der Waals surface area (Å²) in [5, 5.41) is 15.2. The highest BCUT2D eigenvalue weighted by Gasteiger charge is 2.20. The van der Waals surface area contributed by atoms with E-state index < -0.39 is 12.0 Å². The number of anilines is 1. The molecule has 1 atom stereocenters. The second kappa shape index (κ2) is 10.7. The standard InChI is InChI=1S/C27H27BrN2O3/c28-23-7-4-8-24(17-23)29-27(33)30-25(21-13-15-22(16-14-21)26(31)32)20-11-9-19(10-12-20)18-5-2-1-3-6-18/h4,7-18,25H,1-3,5-6H2,(H,31,32)(H2,29,30,33). The van der Waals surface area contributed by atoms with Crippen molar-refractivity contribution >= 4 is 33.6 Å². The van der Waals surface area contributed by atoms with Gasteiger partial charge in [0.1, 0.15) is 0 Å². The van der Waals surface area contributed by atoms with Crippen LogP contribution in [0.1, 0.15) is 71.1 Å². The Kier molecular flexibility index (Phi) is 7.45. The molecule has 33 heavy (non-hydrogen) atoms. The number of benzene rings is 3. The van der Waals surface area contributed by atoms with Crippen LogP contribution < -0.4 is 10.6 Å². The third-order valence-corrected chi connectivity index (χ3v) is 6.69. The Bertz CT molecular complexity index is 1110. The minimum Gasteiger partial charge on any atom is -0.478 e. The Morgan fingerprint density at radius 2 is 1.52 bits per heavy atom. The van der Waals surface area contributed by atoms with E-state index >= 15 is 0 Å². The quantitative estimate of drug-likeness (QED) is 0.333. The fraction of sp³-hybridized carbons (Fsp3) is 0.259. The number of carboxylic acid groups (broad SMARTS) is 1. The lowest BCUT2D eigenvalue weighted by molar-refractivity contribution is 0.0697. The normalized spacial score (nSPS) is 14.9. The van der Waals surface area contributed by atoms with Gasteiger partial charge in [-0.05, 0) is 65.8 Å². The molecule has 1 fully saturated rings. The minimum atomic E-state index is -0.977. The molecule has 3 aromatic carbocycles. The maximum atomic E-state index is 12.8. The van der Waals surface area contributed by atoms with Crippen LogP contribution in [-0.4, -0.2) is 17.1 Å². The summed E-state index contributed by atoms with van der Waals surface area (Å²) in [7, 11) is 0. The summed E-state index contributed by atoms with van der Waals surface area (Å²) in [5.41, 5.74) is 3.99. The summed E-state index contributed by atoms with van der Waals surface area (Å²) < 4.78 is 0.874. The fourth-order valence-corrected chi connectivity index (χ4v) is 4.84. The number of carbonyl (C=O) groups is 2. The number of carbonyl (C=O) groups excluding carboxylic acids is 1. The number of hydrogen-bond acceptors (Lipinski definition) is 2. The van der Waals surface area contributed by atoms with Crippen LogP contribution in [0.25, 0.3) is 0 Å². The van der Waals surface area contributed by atoms with Gasteiger partial charge in [-0.15, -0.1) is 0 Å². The van der Waals surface area contributed by atoms with Crippen molar-refractivity contribution in [3.05, 3.63) is 99.5 Å². The van der Waals surface area contributed by atoms with Crippen molar-refractivity contribution in [1.82, 2.24) is 5.32 Å². The van der Waals surface area contributed by atoms with Crippen LogP contribution in [0, 0.1) is 0 Å². The van der Waals surface area contributed by atoms with Gasteiger partial charge >= 0.3 is 12.0 Å². The Morgan fingerprint density at radius 3 is 2.12 bits per heavy atom. The molecule has 3 aromatic rings. The molecule has 4 rings (SSSR count). The van der Waals surface area contributed by atoms with Gasteiger partial charge in [0.25, 0.3) is 0 Å². The third-order valence-electron chi connectivity index (χ3n) is 6.20. The van der Waals surface area contributed by atoms with Crippen molar-refractivity contribution in [2.75, 3.05) is 5.32 Å². The maximum absolute atomic E-state index is 12.8. The van der Waals surface area contributed by atoms with Crippen molar-refractivity contribution in [2.45, 2.75) is 44.1 Å². The van der Waals surface area contributed by atoms with Crippen molar-refractivity contribution in [3.63, 3.8) is 0 Å². The van der Waals surface area contributed by atoms with E-state index in [-0.39, 0.29) is 11.6 Å². The Morgan fingerprint density at radius 1 is 0.879 bits per heavy atom. The molecule has 0 spiro atoms. The highest BCUT2D eigenvalue weighted by molar-refractivity contribution is 9.10. The zero-order valence-electron chi connectivity index (χ0n) is 18.3. The fourth-order valence-electron chi connectivity index (χ4n) is 4.44. The van der Waals surface area contributed by atoms with Gasteiger partial charge in [-0.1, -0.05) is 77.7 Å². The van der Waals surface area contributed by atoms with Gasteiger partial charge in [0.2, 0.25) is 0 Å². The van der Waals surface area contributed by atoms with Gasteiger partial charge < -0.3 is 15.7 Å². The lowest BCUT2D eigenvalue weighted by atomic mass is 9.83. The number of rotatable bonds is 6. The second-order valence-electron chi connectivity index (χ2n) is 8.47. The summed E-state index contributed by atoms with van der Waals surface area (Å²) >= 11 is 3.41. The largest absolute Gasteiger partial charge is 0.478 e. The summed E-state index contributed by atoms with van der Waals surface area (Å²) in [6, 6.07) is 21.7. The molecule has 1 unspecified atom stereocenters. The van der Waals surface area contributed by atoms with Crippen molar-refractivity contribution in [2.24, 2.45) is 0 Å². The van der Waals surface area contributed by atoms with Gasteiger partial charge in [-0.3, -0.25) is 0 Å². The van der Waals surface area contributed by atoms with Gasteiger partial charge in [-0.2, -0.15) is 0 Å². The predicted molar refractivity (Wildman–Crippen MR) is 134 cm³/mol. The molecule has 0 radical (unpaired) electrons. The molecule has 2 amide bonds. The number of nitrogens with one attached hydrogen (secondary N) is 2. The lowest BCUT2D eigenvalue weighted by Crippen LogP contribution is -2.33. The van der Waals surface area contributed by atoms with Crippen LogP contribution >= 0.6 is 15.9 Å². The smallest absolute Gasteiger partial charge is 0.335 e. The number of carboxylic acids is 1. The Hall–Kier alpha value is -3.12. The predicted octanol–water partition coefficient (Wildman–Crippen LogP) is 7.11. The summed E-state index contributed by atoms with van der Waals surface area (Å²) in [4.78, 5) is 24.1. The van der Waals surface area contributed by atoms with E-state index in [9.17, 15) is 14.7 Å². The second-order valence-corrected chi connectivity index (χ2v) is 9.39. The number of urea groups is 1. The first-order valence-corrected chi connectivity index (χ1v) is 12.0. The highest BCUT2D eigenvalue weighted by Crippen LogP contribution is 2.33. The van der Waals surface area contributed by atoms with E-state index in [4.69, 9.17) is 0 Å². The van der Waals surface area contributed by atoms with E-state index in [1.165, 1.54) is 37.7 Å². The maximum Gasteiger partial charge on any atom is 0.335 e. The zero-order valence-corrected chi connectivity index (χ0v) is 19.8. The first kappa shape index (κ1) is 23.1. The van der Waals surface area contributed by atoms with Crippen LogP contribution in [0.15, 0.2) is 77.3 Å². The van der Waals surface area contributed by atoms with E-state index in [0.29, 0.717) is 11.6 Å². The molecular weight excluding hydrogens is 480 g/mol. The molecule has 1 aliphatic carbocycles. The summed E-state index contributed by atoms with van der Waals surface area (Å²) in [6.07, 6.45) is 6.34. The van der Waals surface area contributed by atoms with E-state index in [1.807, 2.05) is 24.3 Å². The Labute approximate surface area is 202 Å². The molecule has 0 bridgehead atoms.